The lowest BCUT2D eigenvalue weighted by atomic mass is 10.1. The second kappa shape index (κ2) is 8.05. The maximum absolute atomic E-state index is 13.3. The van der Waals surface area contributed by atoms with E-state index >= 15 is 0 Å². The number of amides is 1. The highest BCUT2D eigenvalue weighted by Gasteiger charge is 2.32. The molecule has 156 valence electrons. The van der Waals surface area contributed by atoms with Crippen LogP contribution < -0.4 is 15.5 Å². The lowest BCUT2D eigenvalue weighted by Crippen LogP contribution is -2.46. The van der Waals surface area contributed by atoms with E-state index in [1.165, 1.54) is 12.3 Å². The van der Waals surface area contributed by atoms with Crippen LogP contribution in [0.5, 0.6) is 0 Å². The van der Waals surface area contributed by atoms with E-state index in [-0.39, 0.29) is 17.8 Å². The number of pyridine rings is 1. The monoisotopic (exact) mass is 410 g/mol. The molecule has 4 rings (SSSR count). The first-order chi connectivity index (χ1) is 14.4. The summed E-state index contributed by atoms with van der Waals surface area (Å²) in [7, 11) is 1.87. The molecule has 0 saturated carbocycles. The van der Waals surface area contributed by atoms with Crippen molar-refractivity contribution in [3.8, 4) is 0 Å². The lowest BCUT2D eigenvalue weighted by Gasteiger charge is -2.34. The number of hydrogen-bond donors (Lipinski definition) is 2. The van der Waals surface area contributed by atoms with Gasteiger partial charge < -0.3 is 15.5 Å². The molecular weight excluding hydrogens is 387 g/mol. The Morgan fingerprint density at radius 3 is 2.83 bits per heavy atom. The van der Waals surface area contributed by atoms with E-state index in [9.17, 15) is 9.18 Å². The third-order valence-electron chi connectivity index (χ3n) is 5.05. The number of aromatic nitrogens is 5. The molecule has 1 aliphatic heterocycles. The van der Waals surface area contributed by atoms with Crippen LogP contribution in [0, 0.1) is 12.7 Å². The summed E-state index contributed by atoms with van der Waals surface area (Å²) >= 11 is 0. The Labute approximate surface area is 173 Å². The summed E-state index contributed by atoms with van der Waals surface area (Å²) in [6.07, 6.45) is 7.10. The summed E-state index contributed by atoms with van der Waals surface area (Å²) in [4.78, 5) is 27.0. The summed E-state index contributed by atoms with van der Waals surface area (Å²) in [6.45, 7) is 4.72. The number of nitrogens with one attached hydrogen (secondary N) is 2. The van der Waals surface area contributed by atoms with Crippen molar-refractivity contribution in [2.24, 2.45) is 0 Å². The minimum absolute atomic E-state index is 0.0409. The SMILES string of the molecule is CC[C@H]1C(=O)Nc2c(C)nc(NCc3cnn(Cc4cncc(F)c4)c3)nc2N1C. The first kappa shape index (κ1) is 19.7. The predicted molar refractivity (Wildman–Crippen MR) is 111 cm³/mol. The van der Waals surface area contributed by atoms with Crippen LogP contribution in [0.15, 0.2) is 30.9 Å². The number of likely N-dealkylation sites (N-methyl/N-ethyl adjacent to an activating group) is 1. The van der Waals surface area contributed by atoms with Crippen molar-refractivity contribution >= 4 is 23.4 Å². The molecule has 0 bridgehead atoms. The van der Waals surface area contributed by atoms with Gasteiger partial charge in [0.2, 0.25) is 11.9 Å². The van der Waals surface area contributed by atoms with Gasteiger partial charge in [0, 0.05) is 31.5 Å². The molecule has 2 N–H and O–H groups in total. The average molecular weight is 410 g/mol. The second-order valence-corrected chi connectivity index (χ2v) is 7.27. The normalized spacial score (nSPS) is 15.7. The lowest BCUT2D eigenvalue weighted by molar-refractivity contribution is -0.117. The number of halogens is 1. The van der Waals surface area contributed by atoms with E-state index in [1.807, 2.05) is 32.0 Å². The van der Waals surface area contributed by atoms with Crippen molar-refractivity contribution in [1.82, 2.24) is 24.7 Å². The third kappa shape index (κ3) is 3.93. The Morgan fingerprint density at radius 2 is 2.07 bits per heavy atom. The molecule has 0 aromatic carbocycles. The second-order valence-electron chi connectivity index (χ2n) is 7.27. The van der Waals surface area contributed by atoms with E-state index < -0.39 is 0 Å². The highest BCUT2D eigenvalue weighted by atomic mass is 19.1. The highest BCUT2D eigenvalue weighted by molar-refractivity contribution is 6.03. The minimum Gasteiger partial charge on any atom is -0.350 e. The predicted octanol–water partition coefficient (Wildman–Crippen LogP) is 2.34. The van der Waals surface area contributed by atoms with Crippen LogP contribution in [0.2, 0.25) is 0 Å². The number of anilines is 3. The van der Waals surface area contributed by atoms with Crippen LogP contribution in [-0.4, -0.2) is 43.7 Å². The van der Waals surface area contributed by atoms with Gasteiger partial charge in [0.15, 0.2) is 5.82 Å². The van der Waals surface area contributed by atoms with E-state index in [4.69, 9.17) is 0 Å². The Bertz CT molecular complexity index is 1080. The molecule has 30 heavy (non-hydrogen) atoms. The van der Waals surface area contributed by atoms with E-state index in [1.54, 1.807) is 17.1 Å². The van der Waals surface area contributed by atoms with Gasteiger partial charge in [-0.25, -0.2) is 9.37 Å². The largest absolute Gasteiger partial charge is 0.350 e. The van der Waals surface area contributed by atoms with Crippen molar-refractivity contribution in [3.63, 3.8) is 0 Å². The zero-order valence-corrected chi connectivity index (χ0v) is 17.1. The number of hydrogen-bond acceptors (Lipinski definition) is 7. The molecule has 3 aromatic rings. The third-order valence-corrected chi connectivity index (χ3v) is 5.05. The zero-order chi connectivity index (χ0) is 21.3. The van der Waals surface area contributed by atoms with Crippen LogP contribution in [0.3, 0.4) is 0 Å². The molecule has 9 nitrogen and oxygen atoms in total. The van der Waals surface area contributed by atoms with Crippen LogP contribution in [0.25, 0.3) is 0 Å². The smallest absolute Gasteiger partial charge is 0.247 e. The molecule has 0 unspecified atom stereocenters. The van der Waals surface area contributed by atoms with Gasteiger partial charge in [-0.15, -0.1) is 0 Å². The van der Waals surface area contributed by atoms with Gasteiger partial charge in [-0.2, -0.15) is 10.1 Å². The fourth-order valence-electron chi connectivity index (χ4n) is 3.52. The number of fused-ring (bicyclic) bond motifs is 1. The first-order valence-corrected chi connectivity index (χ1v) is 9.71. The standard InChI is InChI=1S/C20H23FN8O/c1-4-16-19(30)26-17-12(2)25-20(27-18(17)28(16)3)23-7-14-8-24-29(11-14)10-13-5-15(21)9-22-6-13/h5-6,8-9,11,16H,4,7,10H2,1-3H3,(H,26,30)(H,23,25,27)/t16-/m0/s1. The van der Waals surface area contributed by atoms with Crippen LogP contribution >= 0.6 is 0 Å². The summed E-state index contributed by atoms with van der Waals surface area (Å²) in [5, 5.41) is 10.4. The van der Waals surface area contributed by atoms with Crippen molar-refractivity contribution in [1.29, 1.82) is 0 Å². The molecule has 3 aromatic heterocycles. The molecule has 1 aliphatic rings. The van der Waals surface area contributed by atoms with Crippen molar-refractivity contribution in [2.75, 3.05) is 22.6 Å². The van der Waals surface area contributed by atoms with Crippen molar-refractivity contribution in [3.05, 3.63) is 53.5 Å². The van der Waals surface area contributed by atoms with Gasteiger partial charge in [-0.05, 0) is 25.0 Å². The summed E-state index contributed by atoms with van der Waals surface area (Å²) in [6, 6.07) is 1.19. The van der Waals surface area contributed by atoms with Gasteiger partial charge in [0.25, 0.3) is 0 Å². The Morgan fingerprint density at radius 1 is 1.23 bits per heavy atom. The summed E-state index contributed by atoms with van der Waals surface area (Å²) in [5.41, 5.74) is 3.02. The van der Waals surface area contributed by atoms with Gasteiger partial charge in [0.1, 0.15) is 17.5 Å². The Kier molecular flexibility index (Phi) is 5.30. The molecule has 0 radical (unpaired) electrons. The van der Waals surface area contributed by atoms with Gasteiger partial charge >= 0.3 is 0 Å². The van der Waals surface area contributed by atoms with E-state index in [0.29, 0.717) is 42.7 Å². The molecule has 0 aliphatic carbocycles. The van der Waals surface area contributed by atoms with Gasteiger partial charge in [-0.3, -0.25) is 14.5 Å². The van der Waals surface area contributed by atoms with E-state index in [0.717, 1.165) is 11.1 Å². The quantitative estimate of drug-likeness (QED) is 0.643. The molecule has 0 spiro atoms. The molecule has 1 atom stereocenters. The van der Waals surface area contributed by atoms with Crippen LogP contribution in [-0.2, 0) is 17.9 Å². The molecule has 0 saturated heterocycles. The molecule has 4 heterocycles. The van der Waals surface area contributed by atoms with Crippen molar-refractivity contribution in [2.45, 2.75) is 39.4 Å². The topological polar surface area (TPSA) is 101 Å². The van der Waals surface area contributed by atoms with Crippen LogP contribution in [0.4, 0.5) is 21.8 Å². The van der Waals surface area contributed by atoms with E-state index in [2.05, 4.69) is 30.7 Å². The number of carbonyl (C=O) groups is 1. The summed E-state index contributed by atoms with van der Waals surface area (Å²) in [5.74, 6) is 0.769. The molecule has 10 heteroatoms. The minimum atomic E-state index is -0.368. The maximum Gasteiger partial charge on any atom is 0.247 e. The molecule has 0 fully saturated rings. The zero-order valence-electron chi connectivity index (χ0n) is 17.1. The maximum atomic E-state index is 13.3. The Balaban J connectivity index is 1.46. The Hall–Kier alpha value is -3.56. The highest BCUT2D eigenvalue weighted by Crippen LogP contribution is 2.32. The average Bonchev–Trinajstić information content (AvgIpc) is 3.15. The summed E-state index contributed by atoms with van der Waals surface area (Å²) < 4.78 is 15.0. The van der Waals surface area contributed by atoms with Crippen molar-refractivity contribution < 1.29 is 9.18 Å². The van der Waals surface area contributed by atoms with Gasteiger partial charge in [0.05, 0.1) is 24.6 Å². The number of aryl methyl sites for hydroxylation is 1. The molecule has 1 amide bonds. The first-order valence-electron chi connectivity index (χ1n) is 9.71. The number of carbonyl (C=O) groups excluding carboxylic acids is 1. The fraction of sp³-hybridized carbons (Fsp3) is 0.350. The fourth-order valence-corrected chi connectivity index (χ4v) is 3.52. The number of rotatable bonds is 6. The molecular formula is C20H23FN8O. The number of nitrogens with zero attached hydrogens (tertiary/aromatic N) is 6. The van der Waals surface area contributed by atoms with Gasteiger partial charge in [-0.1, -0.05) is 6.92 Å². The van der Waals surface area contributed by atoms with Crippen LogP contribution in [0.1, 0.15) is 30.2 Å².